The highest BCUT2D eigenvalue weighted by molar-refractivity contribution is 5.84. The maximum atomic E-state index is 12.5. The number of allylic oxidation sites excluding steroid dienone is 1. The first-order valence-corrected chi connectivity index (χ1v) is 6.67. The fraction of sp³-hybridized carbons (Fsp3) is 0.333. The number of rotatable bonds is 7. The van der Waals surface area contributed by atoms with Crippen molar-refractivity contribution in [2.75, 3.05) is 6.61 Å². The Bertz CT molecular complexity index is 584. The van der Waals surface area contributed by atoms with Crippen LogP contribution in [-0.2, 0) is 15.8 Å². The molecular formula is C15H16F3NO4. The van der Waals surface area contributed by atoms with Gasteiger partial charge in [-0.15, -0.1) is 0 Å². The summed E-state index contributed by atoms with van der Waals surface area (Å²) in [6.45, 7) is 1.12. The van der Waals surface area contributed by atoms with E-state index in [4.69, 9.17) is 9.84 Å². The van der Waals surface area contributed by atoms with Gasteiger partial charge < -0.3 is 15.2 Å². The number of benzene rings is 1. The minimum absolute atomic E-state index is 0.0983. The van der Waals surface area contributed by atoms with Gasteiger partial charge in [0.05, 0.1) is 5.56 Å². The lowest BCUT2D eigenvalue weighted by Crippen LogP contribution is -2.42. The van der Waals surface area contributed by atoms with Crippen molar-refractivity contribution in [3.8, 4) is 5.75 Å². The van der Waals surface area contributed by atoms with E-state index in [-0.39, 0.29) is 12.2 Å². The van der Waals surface area contributed by atoms with E-state index < -0.39 is 36.3 Å². The molecule has 0 heterocycles. The summed E-state index contributed by atoms with van der Waals surface area (Å²) in [5, 5.41) is 11.2. The number of alkyl halides is 3. The Morgan fingerprint density at radius 2 is 2.09 bits per heavy atom. The molecule has 0 saturated heterocycles. The number of carbonyl (C=O) groups excluding carboxylic acids is 1. The molecule has 126 valence electrons. The predicted molar refractivity (Wildman–Crippen MR) is 75.9 cm³/mol. The van der Waals surface area contributed by atoms with Crippen LogP contribution in [0.4, 0.5) is 13.2 Å². The molecule has 0 radical (unpaired) electrons. The fourth-order valence-electron chi connectivity index (χ4n) is 1.64. The summed E-state index contributed by atoms with van der Waals surface area (Å²) in [6.07, 6.45) is -1.20. The Morgan fingerprint density at radius 3 is 2.65 bits per heavy atom. The molecule has 1 atom stereocenters. The van der Waals surface area contributed by atoms with Crippen molar-refractivity contribution in [1.82, 2.24) is 5.32 Å². The zero-order valence-corrected chi connectivity index (χ0v) is 12.3. The molecule has 8 heteroatoms. The summed E-state index contributed by atoms with van der Waals surface area (Å²) in [7, 11) is 0. The lowest BCUT2D eigenvalue weighted by molar-refractivity contribution is -0.142. The first kappa shape index (κ1) is 18.5. The van der Waals surface area contributed by atoms with Crippen molar-refractivity contribution in [2.24, 2.45) is 0 Å². The zero-order chi connectivity index (χ0) is 17.5. The first-order valence-electron chi connectivity index (χ1n) is 6.67. The normalized spacial score (nSPS) is 12.9. The number of hydrogen-bond donors (Lipinski definition) is 2. The SMILES string of the molecule is C/C=C/CC(NC(=O)COc1cccc(C(F)(F)F)c1)C(=O)O. The number of ether oxygens (including phenoxy) is 1. The van der Waals surface area contributed by atoms with Crippen LogP contribution in [0, 0.1) is 0 Å². The summed E-state index contributed by atoms with van der Waals surface area (Å²) in [5.41, 5.74) is -0.896. The van der Waals surface area contributed by atoms with Crippen molar-refractivity contribution in [1.29, 1.82) is 0 Å². The molecule has 1 aromatic rings. The lowest BCUT2D eigenvalue weighted by Gasteiger charge is -2.14. The number of carbonyl (C=O) groups is 2. The second-order valence-electron chi connectivity index (χ2n) is 4.58. The molecule has 0 saturated carbocycles. The molecule has 0 aromatic heterocycles. The van der Waals surface area contributed by atoms with Crippen molar-refractivity contribution in [3.63, 3.8) is 0 Å². The van der Waals surface area contributed by atoms with E-state index in [1.165, 1.54) is 6.07 Å². The predicted octanol–water partition coefficient (Wildman–Crippen LogP) is 2.62. The summed E-state index contributed by atoms with van der Waals surface area (Å²) in [5.74, 6) is -2.08. The van der Waals surface area contributed by atoms with Crippen LogP contribution in [0.1, 0.15) is 18.9 Å². The molecule has 0 aliphatic carbocycles. The maximum Gasteiger partial charge on any atom is 0.416 e. The van der Waals surface area contributed by atoms with Gasteiger partial charge in [-0.3, -0.25) is 4.79 Å². The minimum atomic E-state index is -4.51. The average molecular weight is 331 g/mol. The average Bonchev–Trinajstić information content (AvgIpc) is 2.48. The third-order valence-electron chi connectivity index (χ3n) is 2.77. The summed E-state index contributed by atoms with van der Waals surface area (Å²) in [6, 6.07) is 2.95. The van der Waals surface area contributed by atoms with E-state index in [2.05, 4.69) is 5.32 Å². The molecule has 2 N–H and O–H groups in total. The summed E-state index contributed by atoms with van der Waals surface area (Å²) in [4.78, 5) is 22.6. The number of hydrogen-bond acceptors (Lipinski definition) is 3. The second-order valence-corrected chi connectivity index (χ2v) is 4.58. The van der Waals surface area contributed by atoms with E-state index in [0.29, 0.717) is 0 Å². The number of carboxylic acid groups (broad SMARTS) is 1. The molecule has 0 bridgehead atoms. The smallest absolute Gasteiger partial charge is 0.416 e. The van der Waals surface area contributed by atoms with E-state index in [1.54, 1.807) is 19.1 Å². The lowest BCUT2D eigenvalue weighted by atomic mass is 10.2. The summed E-state index contributed by atoms with van der Waals surface area (Å²) < 4.78 is 42.6. The summed E-state index contributed by atoms with van der Waals surface area (Å²) >= 11 is 0. The fourth-order valence-corrected chi connectivity index (χ4v) is 1.64. The van der Waals surface area contributed by atoms with Crippen LogP contribution in [-0.4, -0.2) is 29.6 Å². The van der Waals surface area contributed by atoms with E-state index in [1.807, 2.05) is 0 Å². The molecule has 1 aromatic carbocycles. The number of halogens is 3. The Balaban J connectivity index is 2.60. The Morgan fingerprint density at radius 1 is 1.39 bits per heavy atom. The molecule has 23 heavy (non-hydrogen) atoms. The van der Waals surface area contributed by atoms with Crippen LogP contribution in [0.5, 0.6) is 5.75 Å². The Labute approximate surface area is 130 Å². The molecule has 0 fully saturated rings. The topological polar surface area (TPSA) is 75.6 Å². The highest BCUT2D eigenvalue weighted by Crippen LogP contribution is 2.31. The molecule has 1 rings (SSSR count). The van der Waals surface area contributed by atoms with Gasteiger partial charge in [-0.05, 0) is 31.5 Å². The van der Waals surface area contributed by atoms with Crippen LogP contribution in [0.3, 0.4) is 0 Å². The largest absolute Gasteiger partial charge is 0.484 e. The third kappa shape index (κ3) is 6.41. The Kier molecular flexibility index (Phi) is 6.62. The maximum absolute atomic E-state index is 12.5. The van der Waals surface area contributed by atoms with E-state index in [0.717, 1.165) is 18.2 Å². The van der Waals surface area contributed by atoms with Gasteiger partial charge in [0.1, 0.15) is 11.8 Å². The van der Waals surface area contributed by atoms with Gasteiger partial charge in [0.2, 0.25) is 0 Å². The van der Waals surface area contributed by atoms with Gasteiger partial charge in [-0.1, -0.05) is 18.2 Å². The zero-order valence-electron chi connectivity index (χ0n) is 12.3. The van der Waals surface area contributed by atoms with Crippen molar-refractivity contribution in [2.45, 2.75) is 25.6 Å². The van der Waals surface area contributed by atoms with E-state index in [9.17, 15) is 22.8 Å². The van der Waals surface area contributed by atoms with Gasteiger partial charge in [0.15, 0.2) is 6.61 Å². The minimum Gasteiger partial charge on any atom is -0.484 e. The Hall–Kier alpha value is -2.51. The molecule has 0 aliphatic heterocycles. The molecular weight excluding hydrogens is 315 g/mol. The van der Waals surface area contributed by atoms with Crippen LogP contribution in [0.15, 0.2) is 36.4 Å². The second kappa shape index (κ2) is 8.21. The molecule has 5 nitrogen and oxygen atoms in total. The number of carboxylic acids is 1. The van der Waals surface area contributed by atoms with Crippen LogP contribution in [0.2, 0.25) is 0 Å². The van der Waals surface area contributed by atoms with Crippen molar-refractivity contribution < 1.29 is 32.6 Å². The molecule has 1 amide bonds. The highest BCUT2D eigenvalue weighted by atomic mass is 19.4. The van der Waals surface area contributed by atoms with Gasteiger partial charge in [-0.2, -0.15) is 13.2 Å². The van der Waals surface area contributed by atoms with E-state index >= 15 is 0 Å². The van der Waals surface area contributed by atoms with Crippen LogP contribution < -0.4 is 10.1 Å². The van der Waals surface area contributed by atoms with Crippen LogP contribution in [0.25, 0.3) is 0 Å². The molecule has 1 unspecified atom stereocenters. The number of amides is 1. The highest BCUT2D eigenvalue weighted by Gasteiger charge is 2.30. The van der Waals surface area contributed by atoms with Gasteiger partial charge in [0, 0.05) is 0 Å². The van der Waals surface area contributed by atoms with Gasteiger partial charge >= 0.3 is 12.1 Å². The van der Waals surface area contributed by atoms with Crippen molar-refractivity contribution in [3.05, 3.63) is 42.0 Å². The van der Waals surface area contributed by atoms with Crippen molar-refractivity contribution >= 4 is 11.9 Å². The standard InChI is InChI=1S/C15H16F3NO4/c1-2-3-7-12(14(21)22)19-13(20)9-23-11-6-4-5-10(8-11)15(16,17)18/h2-6,8,12H,7,9H2,1H3,(H,19,20)(H,21,22)/b3-2+. The molecule has 0 aliphatic rings. The van der Waals surface area contributed by atoms with Gasteiger partial charge in [-0.25, -0.2) is 4.79 Å². The number of aliphatic carboxylic acids is 1. The molecule has 0 spiro atoms. The number of nitrogens with one attached hydrogen (secondary N) is 1. The first-order chi connectivity index (χ1) is 10.7. The third-order valence-corrected chi connectivity index (χ3v) is 2.77. The van der Waals surface area contributed by atoms with Crippen LogP contribution >= 0.6 is 0 Å². The van der Waals surface area contributed by atoms with Gasteiger partial charge in [0.25, 0.3) is 5.91 Å². The monoisotopic (exact) mass is 331 g/mol. The quantitative estimate of drug-likeness (QED) is 0.753.